The molecule has 2 rings (SSSR count). The van der Waals surface area contributed by atoms with Crippen molar-refractivity contribution in [2.24, 2.45) is 0 Å². The highest BCUT2D eigenvalue weighted by molar-refractivity contribution is 8.01. The Morgan fingerprint density at radius 1 is 1.41 bits per heavy atom. The molecule has 2 aromatic rings. The van der Waals surface area contributed by atoms with E-state index in [1.807, 2.05) is 25.1 Å². The fourth-order valence-electron chi connectivity index (χ4n) is 1.91. The van der Waals surface area contributed by atoms with Gasteiger partial charge in [-0.05, 0) is 24.1 Å². The number of anilines is 1. The predicted octanol–water partition coefficient (Wildman–Crippen LogP) is 3.54. The number of amides is 1. The molecule has 0 aliphatic heterocycles. The quantitative estimate of drug-likeness (QED) is 0.645. The molecule has 1 aromatic carbocycles. The van der Waals surface area contributed by atoms with Crippen LogP contribution in [0, 0.1) is 6.92 Å². The summed E-state index contributed by atoms with van der Waals surface area (Å²) in [5.74, 6) is 0.727. The number of nitrogens with zero attached hydrogens (tertiary/aromatic N) is 2. The van der Waals surface area contributed by atoms with Gasteiger partial charge in [0.1, 0.15) is 5.75 Å². The van der Waals surface area contributed by atoms with E-state index < -0.39 is 0 Å². The number of hydrogen-bond donors (Lipinski definition) is 1. The molecule has 1 amide bonds. The lowest BCUT2D eigenvalue weighted by Crippen LogP contribution is -2.14. The molecule has 22 heavy (non-hydrogen) atoms. The first-order valence-electron chi connectivity index (χ1n) is 6.91. The Labute approximate surface area is 138 Å². The van der Waals surface area contributed by atoms with Gasteiger partial charge in [-0.2, -0.15) is 0 Å². The molecule has 0 unspecified atom stereocenters. The molecule has 0 aliphatic rings. The van der Waals surface area contributed by atoms with Crippen LogP contribution in [0.4, 0.5) is 5.13 Å². The third kappa shape index (κ3) is 4.71. The number of carbonyl (C=O) groups is 1. The zero-order chi connectivity index (χ0) is 16.1. The second kappa shape index (κ2) is 7.60. The molecule has 0 saturated heterocycles. The van der Waals surface area contributed by atoms with E-state index in [-0.39, 0.29) is 5.91 Å². The van der Waals surface area contributed by atoms with Crippen LogP contribution in [0.3, 0.4) is 0 Å². The number of rotatable bonds is 6. The number of carbonyl (C=O) groups excluding carboxylic acids is 1. The van der Waals surface area contributed by atoms with E-state index in [1.54, 1.807) is 18.9 Å². The van der Waals surface area contributed by atoms with Crippen molar-refractivity contribution in [2.75, 3.05) is 12.4 Å². The summed E-state index contributed by atoms with van der Waals surface area (Å²) in [4.78, 5) is 12.1. The highest BCUT2D eigenvalue weighted by atomic mass is 32.2. The summed E-state index contributed by atoms with van der Waals surface area (Å²) < 4.78 is 6.08. The number of aromatic nitrogens is 2. The van der Waals surface area contributed by atoms with Crippen molar-refractivity contribution < 1.29 is 9.53 Å². The molecule has 0 atom stereocenters. The molecule has 0 spiro atoms. The molecule has 5 nitrogen and oxygen atoms in total. The van der Waals surface area contributed by atoms with Gasteiger partial charge >= 0.3 is 0 Å². The van der Waals surface area contributed by atoms with E-state index >= 15 is 0 Å². The molecule has 0 saturated carbocycles. The normalized spacial score (nSPS) is 10.8. The molecule has 0 bridgehead atoms. The third-order valence-electron chi connectivity index (χ3n) is 2.81. The number of benzene rings is 1. The smallest absolute Gasteiger partial charge is 0.230 e. The van der Waals surface area contributed by atoms with E-state index in [9.17, 15) is 4.79 Å². The van der Waals surface area contributed by atoms with Gasteiger partial charge in [-0.1, -0.05) is 49.1 Å². The van der Waals surface area contributed by atoms with Crippen LogP contribution in [0.5, 0.6) is 5.75 Å². The van der Waals surface area contributed by atoms with Gasteiger partial charge < -0.3 is 10.1 Å². The second-order valence-corrected chi connectivity index (χ2v) is 7.87. The summed E-state index contributed by atoms with van der Waals surface area (Å²) in [7, 11) is 1.64. The Morgan fingerprint density at radius 2 is 2.18 bits per heavy atom. The van der Waals surface area contributed by atoms with Crippen molar-refractivity contribution in [3.8, 4) is 5.75 Å². The number of nitrogens with one attached hydrogen (secondary N) is 1. The van der Waals surface area contributed by atoms with Crippen LogP contribution in [-0.4, -0.2) is 28.5 Å². The van der Waals surface area contributed by atoms with Crippen molar-refractivity contribution >= 4 is 34.1 Å². The lowest BCUT2D eigenvalue weighted by atomic mass is 10.1. The van der Waals surface area contributed by atoms with Crippen LogP contribution < -0.4 is 10.1 Å². The SMILES string of the molecule is COc1ccc(CC(=O)Nc2nnc(SC(C)C)s2)cc1C. The molecule has 7 heteroatoms. The molecule has 1 aromatic heterocycles. The van der Waals surface area contributed by atoms with Crippen LogP contribution in [0.1, 0.15) is 25.0 Å². The van der Waals surface area contributed by atoms with E-state index in [4.69, 9.17) is 4.74 Å². The lowest BCUT2D eigenvalue weighted by molar-refractivity contribution is -0.115. The molecule has 118 valence electrons. The van der Waals surface area contributed by atoms with Crippen molar-refractivity contribution in [3.63, 3.8) is 0 Å². The summed E-state index contributed by atoms with van der Waals surface area (Å²) in [6.45, 7) is 6.15. The van der Waals surface area contributed by atoms with Crippen molar-refractivity contribution in [1.82, 2.24) is 10.2 Å². The number of methoxy groups -OCH3 is 1. The third-order valence-corrected chi connectivity index (χ3v) is 4.74. The standard InChI is InChI=1S/C15H19N3O2S2/c1-9(2)21-15-18-17-14(22-15)16-13(19)8-11-5-6-12(20-4)10(3)7-11/h5-7,9H,8H2,1-4H3,(H,16,17,19). The maximum atomic E-state index is 12.1. The van der Waals surface area contributed by atoms with Gasteiger partial charge in [0.25, 0.3) is 0 Å². The van der Waals surface area contributed by atoms with Gasteiger partial charge in [0, 0.05) is 5.25 Å². The van der Waals surface area contributed by atoms with Crippen molar-refractivity contribution in [1.29, 1.82) is 0 Å². The van der Waals surface area contributed by atoms with Crippen LogP contribution in [0.2, 0.25) is 0 Å². The Hall–Kier alpha value is -1.60. The number of ether oxygens (including phenoxy) is 1. The summed E-state index contributed by atoms with van der Waals surface area (Å²) in [5.41, 5.74) is 1.96. The minimum Gasteiger partial charge on any atom is -0.496 e. The first-order valence-corrected chi connectivity index (χ1v) is 8.61. The Morgan fingerprint density at radius 3 is 2.82 bits per heavy atom. The zero-order valence-electron chi connectivity index (χ0n) is 13.0. The second-order valence-electron chi connectivity index (χ2n) is 5.07. The maximum absolute atomic E-state index is 12.1. The van der Waals surface area contributed by atoms with Gasteiger partial charge in [-0.25, -0.2) is 0 Å². The number of aryl methyl sites for hydroxylation is 1. The average molecular weight is 337 g/mol. The highest BCUT2D eigenvalue weighted by Gasteiger charge is 2.11. The lowest BCUT2D eigenvalue weighted by Gasteiger charge is -2.07. The Kier molecular flexibility index (Phi) is 5.79. The Balaban J connectivity index is 1.95. The fraction of sp³-hybridized carbons (Fsp3) is 0.400. The van der Waals surface area contributed by atoms with Crippen LogP contribution in [0.25, 0.3) is 0 Å². The molecule has 1 heterocycles. The summed E-state index contributed by atoms with van der Waals surface area (Å²) >= 11 is 3.03. The summed E-state index contributed by atoms with van der Waals surface area (Å²) in [6.07, 6.45) is 0.303. The minimum atomic E-state index is -0.0955. The minimum absolute atomic E-state index is 0.0955. The first kappa shape index (κ1) is 16.8. The largest absolute Gasteiger partial charge is 0.496 e. The van der Waals surface area contributed by atoms with Crippen LogP contribution in [0.15, 0.2) is 22.5 Å². The fourth-order valence-corrected chi connectivity index (χ4v) is 3.90. The van der Waals surface area contributed by atoms with Crippen LogP contribution >= 0.6 is 23.1 Å². The summed E-state index contributed by atoms with van der Waals surface area (Å²) in [6, 6.07) is 5.73. The molecular formula is C15H19N3O2S2. The highest BCUT2D eigenvalue weighted by Crippen LogP contribution is 2.28. The molecule has 0 fully saturated rings. The predicted molar refractivity (Wildman–Crippen MR) is 91.0 cm³/mol. The van der Waals surface area contributed by atoms with E-state index in [2.05, 4.69) is 29.4 Å². The topological polar surface area (TPSA) is 64.1 Å². The van der Waals surface area contributed by atoms with Gasteiger partial charge in [-0.15, -0.1) is 10.2 Å². The van der Waals surface area contributed by atoms with E-state index in [0.29, 0.717) is 16.8 Å². The maximum Gasteiger partial charge on any atom is 0.230 e. The van der Waals surface area contributed by atoms with Crippen molar-refractivity contribution in [2.45, 2.75) is 36.8 Å². The van der Waals surface area contributed by atoms with Crippen LogP contribution in [-0.2, 0) is 11.2 Å². The van der Waals surface area contributed by atoms with Gasteiger partial charge in [0.2, 0.25) is 11.0 Å². The van der Waals surface area contributed by atoms with Crippen molar-refractivity contribution in [3.05, 3.63) is 29.3 Å². The van der Waals surface area contributed by atoms with Gasteiger partial charge in [0.15, 0.2) is 4.34 Å². The molecule has 0 radical (unpaired) electrons. The molecular weight excluding hydrogens is 318 g/mol. The average Bonchev–Trinajstić information content (AvgIpc) is 2.85. The number of hydrogen-bond acceptors (Lipinski definition) is 6. The Bertz CT molecular complexity index is 656. The van der Waals surface area contributed by atoms with Gasteiger partial charge in [0.05, 0.1) is 13.5 Å². The van der Waals surface area contributed by atoms with E-state index in [0.717, 1.165) is 21.2 Å². The summed E-state index contributed by atoms with van der Waals surface area (Å²) in [5, 5.41) is 11.8. The number of thioether (sulfide) groups is 1. The molecule has 1 N–H and O–H groups in total. The van der Waals surface area contributed by atoms with Gasteiger partial charge in [-0.3, -0.25) is 4.79 Å². The van der Waals surface area contributed by atoms with E-state index in [1.165, 1.54) is 11.3 Å². The zero-order valence-corrected chi connectivity index (χ0v) is 14.7. The first-order chi connectivity index (χ1) is 10.5. The molecule has 0 aliphatic carbocycles. The monoisotopic (exact) mass is 337 g/mol.